The molecular weight excluding hydrogens is 246 g/mol. The van der Waals surface area contributed by atoms with Crippen molar-refractivity contribution < 1.29 is 19.4 Å². The third kappa shape index (κ3) is 2.48. The van der Waals surface area contributed by atoms with Crippen LogP contribution in [0, 0.1) is 5.92 Å². The Morgan fingerprint density at radius 3 is 2.37 bits per heavy atom. The molecule has 19 heavy (non-hydrogen) atoms. The van der Waals surface area contributed by atoms with Gasteiger partial charge in [0.05, 0.1) is 5.92 Å². The number of amides is 1. The van der Waals surface area contributed by atoms with Crippen LogP contribution in [0.5, 0.6) is 0 Å². The maximum atomic E-state index is 12.7. The molecule has 1 aliphatic heterocycles. The molecule has 1 heterocycles. The van der Waals surface area contributed by atoms with Gasteiger partial charge in [-0.15, -0.1) is 0 Å². The van der Waals surface area contributed by atoms with Crippen LogP contribution in [0.15, 0.2) is 0 Å². The van der Waals surface area contributed by atoms with Gasteiger partial charge in [-0.25, -0.2) is 0 Å². The van der Waals surface area contributed by atoms with Crippen LogP contribution in [0.3, 0.4) is 0 Å². The molecule has 0 aromatic carbocycles. The molecule has 0 aromatic rings. The number of carbonyl (C=O) groups excluding carboxylic acids is 1. The molecule has 1 saturated heterocycles. The van der Waals surface area contributed by atoms with E-state index in [1.807, 2.05) is 6.92 Å². The molecule has 0 bridgehead atoms. The van der Waals surface area contributed by atoms with E-state index in [9.17, 15) is 9.59 Å². The Kier molecular flexibility index (Phi) is 4.13. The molecule has 0 aromatic heterocycles. The predicted octanol–water partition coefficient (Wildman–Crippen LogP) is 1.66. The first-order valence-corrected chi connectivity index (χ1v) is 7.11. The summed E-state index contributed by atoms with van der Waals surface area (Å²) in [6.45, 7) is 2.36. The standard InChI is InChI=1S/C14H23NO4/c1-10-11(12(16)17)6-9-15(10)13(18)14(19-2)7-4-3-5-8-14/h10-11H,3-9H2,1-2H3,(H,16,17). The van der Waals surface area contributed by atoms with Crippen LogP contribution in [-0.4, -0.2) is 47.2 Å². The van der Waals surface area contributed by atoms with E-state index in [4.69, 9.17) is 9.84 Å². The quantitative estimate of drug-likeness (QED) is 0.846. The number of carbonyl (C=O) groups is 2. The van der Waals surface area contributed by atoms with Gasteiger partial charge in [0.25, 0.3) is 5.91 Å². The van der Waals surface area contributed by atoms with Crippen LogP contribution in [-0.2, 0) is 14.3 Å². The van der Waals surface area contributed by atoms with Crippen molar-refractivity contribution in [1.82, 2.24) is 4.90 Å². The van der Waals surface area contributed by atoms with Gasteiger partial charge in [-0.05, 0) is 26.2 Å². The van der Waals surface area contributed by atoms with Crippen molar-refractivity contribution in [3.05, 3.63) is 0 Å². The first-order valence-electron chi connectivity index (χ1n) is 7.11. The van der Waals surface area contributed by atoms with Crippen molar-refractivity contribution in [2.45, 2.75) is 57.1 Å². The highest BCUT2D eigenvalue weighted by molar-refractivity contribution is 5.87. The van der Waals surface area contributed by atoms with Gasteiger partial charge in [0.2, 0.25) is 0 Å². The van der Waals surface area contributed by atoms with Gasteiger partial charge >= 0.3 is 5.97 Å². The molecule has 0 spiro atoms. The summed E-state index contributed by atoms with van der Waals surface area (Å²) < 4.78 is 5.56. The highest BCUT2D eigenvalue weighted by Crippen LogP contribution is 2.36. The maximum Gasteiger partial charge on any atom is 0.308 e. The first kappa shape index (κ1) is 14.3. The van der Waals surface area contributed by atoms with Gasteiger partial charge in [-0.3, -0.25) is 9.59 Å². The molecular formula is C14H23NO4. The summed E-state index contributed by atoms with van der Waals surface area (Å²) >= 11 is 0. The summed E-state index contributed by atoms with van der Waals surface area (Å²) in [5.41, 5.74) is -0.708. The zero-order chi connectivity index (χ0) is 14.0. The monoisotopic (exact) mass is 269 g/mol. The fraction of sp³-hybridized carbons (Fsp3) is 0.857. The number of aliphatic carboxylic acids is 1. The van der Waals surface area contributed by atoms with Crippen LogP contribution in [0.25, 0.3) is 0 Å². The van der Waals surface area contributed by atoms with Crippen molar-refractivity contribution in [3.8, 4) is 0 Å². The maximum absolute atomic E-state index is 12.7. The molecule has 2 fully saturated rings. The zero-order valence-electron chi connectivity index (χ0n) is 11.7. The van der Waals surface area contributed by atoms with Crippen LogP contribution >= 0.6 is 0 Å². The molecule has 1 saturated carbocycles. The van der Waals surface area contributed by atoms with Gasteiger partial charge in [0.1, 0.15) is 5.60 Å². The largest absolute Gasteiger partial charge is 0.481 e. The lowest BCUT2D eigenvalue weighted by molar-refractivity contribution is -0.160. The number of nitrogens with zero attached hydrogens (tertiary/aromatic N) is 1. The van der Waals surface area contributed by atoms with Gasteiger partial charge < -0.3 is 14.7 Å². The minimum atomic E-state index is -0.807. The Balaban J connectivity index is 2.13. The van der Waals surface area contributed by atoms with Crippen molar-refractivity contribution in [3.63, 3.8) is 0 Å². The van der Waals surface area contributed by atoms with Gasteiger partial charge in [-0.2, -0.15) is 0 Å². The molecule has 1 amide bonds. The van der Waals surface area contributed by atoms with E-state index in [1.54, 1.807) is 12.0 Å². The number of hydrogen-bond donors (Lipinski definition) is 1. The average Bonchev–Trinajstić information content (AvgIpc) is 2.80. The second-order valence-electron chi connectivity index (χ2n) is 5.73. The van der Waals surface area contributed by atoms with Gasteiger partial charge in [-0.1, -0.05) is 19.3 Å². The first-order chi connectivity index (χ1) is 9.02. The second-order valence-corrected chi connectivity index (χ2v) is 5.73. The minimum Gasteiger partial charge on any atom is -0.481 e. The predicted molar refractivity (Wildman–Crippen MR) is 69.7 cm³/mol. The molecule has 1 N–H and O–H groups in total. The Labute approximate surface area is 113 Å². The van der Waals surface area contributed by atoms with E-state index >= 15 is 0 Å². The van der Waals surface area contributed by atoms with E-state index in [1.165, 1.54) is 0 Å². The minimum absolute atomic E-state index is 0.00838. The number of carboxylic acids is 1. The molecule has 2 rings (SSSR count). The van der Waals surface area contributed by atoms with Crippen LogP contribution in [0.1, 0.15) is 45.4 Å². The van der Waals surface area contributed by atoms with Crippen molar-refractivity contribution in [1.29, 1.82) is 0 Å². The van der Waals surface area contributed by atoms with E-state index in [-0.39, 0.29) is 11.9 Å². The van der Waals surface area contributed by atoms with E-state index < -0.39 is 17.5 Å². The van der Waals surface area contributed by atoms with Crippen LogP contribution in [0.2, 0.25) is 0 Å². The molecule has 2 aliphatic rings. The normalized spacial score (nSPS) is 30.3. The molecule has 108 valence electrons. The number of rotatable bonds is 3. The molecule has 2 atom stereocenters. The summed E-state index contributed by atoms with van der Waals surface area (Å²) in [6, 6.07) is -0.237. The Morgan fingerprint density at radius 2 is 1.89 bits per heavy atom. The average molecular weight is 269 g/mol. The fourth-order valence-electron chi connectivity index (χ4n) is 3.45. The lowest BCUT2D eigenvalue weighted by Crippen LogP contribution is -2.53. The highest BCUT2D eigenvalue weighted by Gasteiger charge is 2.47. The number of hydrogen-bond acceptors (Lipinski definition) is 3. The summed E-state index contributed by atoms with van der Waals surface area (Å²) in [7, 11) is 1.60. The lowest BCUT2D eigenvalue weighted by Gasteiger charge is -2.39. The third-order valence-electron chi connectivity index (χ3n) is 4.77. The lowest BCUT2D eigenvalue weighted by atomic mass is 9.83. The van der Waals surface area contributed by atoms with Crippen molar-refractivity contribution >= 4 is 11.9 Å². The Hall–Kier alpha value is -1.10. The smallest absolute Gasteiger partial charge is 0.308 e. The van der Waals surface area contributed by atoms with E-state index in [0.717, 1.165) is 32.1 Å². The molecule has 2 unspecified atom stereocenters. The molecule has 0 radical (unpaired) electrons. The Morgan fingerprint density at radius 1 is 1.26 bits per heavy atom. The topological polar surface area (TPSA) is 66.8 Å². The molecule has 5 heteroatoms. The van der Waals surface area contributed by atoms with Crippen molar-refractivity contribution in [2.75, 3.05) is 13.7 Å². The summed E-state index contributed by atoms with van der Waals surface area (Å²) in [5, 5.41) is 9.15. The van der Waals surface area contributed by atoms with Crippen LogP contribution in [0.4, 0.5) is 0 Å². The van der Waals surface area contributed by atoms with E-state index in [0.29, 0.717) is 13.0 Å². The molecule has 5 nitrogen and oxygen atoms in total. The number of ether oxygens (including phenoxy) is 1. The van der Waals surface area contributed by atoms with Crippen molar-refractivity contribution in [2.24, 2.45) is 5.92 Å². The number of likely N-dealkylation sites (tertiary alicyclic amines) is 1. The fourth-order valence-corrected chi connectivity index (χ4v) is 3.45. The summed E-state index contributed by atoms with van der Waals surface area (Å²) in [5.74, 6) is -1.26. The Bertz CT molecular complexity index is 362. The zero-order valence-corrected chi connectivity index (χ0v) is 11.7. The third-order valence-corrected chi connectivity index (χ3v) is 4.77. The van der Waals surface area contributed by atoms with Gasteiger partial charge in [0.15, 0.2) is 0 Å². The number of methoxy groups -OCH3 is 1. The summed E-state index contributed by atoms with van der Waals surface area (Å²) in [6.07, 6.45) is 5.20. The number of carboxylic acid groups (broad SMARTS) is 1. The van der Waals surface area contributed by atoms with Gasteiger partial charge in [0, 0.05) is 19.7 Å². The second kappa shape index (κ2) is 5.49. The molecule has 1 aliphatic carbocycles. The SMILES string of the molecule is COC1(C(=O)N2CCC(C(=O)O)C2C)CCCCC1. The highest BCUT2D eigenvalue weighted by atomic mass is 16.5. The summed E-state index contributed by atoms with van der Waals surface area (Å²) in [4.78, 5) is 25.6. The van der Waals surface area contributed by atoms with E-state index in [2.05, 4.69) is 0 Å². The van der Waals surface area contributed by atoms with Crippen LogP contribution < -0.4 is 0 Å².